The number of piperidine rings is 1. The second kappa shape index (κ2) is 8.54. The van der Waals surface area contributed by atoms with Gasteiger partial charge in [0.2, 0.25) is 0 Å². The Kier molecular flexibility index (Phi) is 5.91. The minimum atomic E-state index is -4.86. The van der Waals surface area contributed by atoms with Crippen molar-refractivity contribution < 1.29 is 36.2 Å². The Bertz CT molecular complexity index is 1290. The van der Waals surface area contributed by atoms with Gasteiger partial charge in [0.05, 0.1) is 10.1 Å². The standard InChI is InChI=1S/C22H19F3N2O5S/c23-22(24,25)32-15-5-7-16(8-6-15)33(30,31)17-10-12-27(13-11-17)21(29)18-9-4-14-2-1-3-19(28)20(14)26-18/h1-9,17,28H,10-13H2. The molecule has 1 fully saturated rings. The fraction of sp³-hybridized carbons (Fsp3) is 0.273. The molecule has 11 heteroatoms. The topological polar surface area (TPSA) is 96.8 Å². The van der Waals surface area contributed by atoms with Crippen molar-refractivity contribution in [2.75, 3.05) is 13.1 Å². The van der Waals surface area contributed by atoms with Gasteiger partial charge in [-0.2, -0.15) is 0 Å². The Morgan fingerprint density at radius 2 is 1.70 bits per heavy atom. The van der Waals surface area contributed by atoms with Crippen molar-refractivity contribution in [3.8, 4) is 11.5 Å². The number of hydrogen-bond donors (Lipinski definition) is 1. The van der Waals surface area contributed by atoms with Gasteiger partial charge in [0.15, 0.2) is 9.84 Å². The summed E-state index contributed by atoms with van der Waals surface area (Å²) >= 11 is 0. The zero-order valence-corrected chi connectivity index (χ0v) is 17.9. The number of benzene rings is 2. The van der Waals surface area contributed by atoms with E-state index in [1.807, 2.05) is 0 Å². The molecule has 1 N–H and O–H groups in total. The molecule has 0 aliphatic carbocycles. The number of pyridine rings is 1. The predicted molar refractivity (Wildman–Crippen MR) is 113 cm³/mol. The number of phenolic OH excluding ortho intramolecular Hbond substituents is 1. The molecule has 0 radical (unpaired) electrons. The summed E-state index contributed by atoms with van der Waals surface area (Å²) in [6.07, 6.45) is -4.51. The lowest BCUT2D eigenvalue weighted by molar-refractivity contribution is -0.274. The van der Waals surface area contributed by atoms with E-state index >= 15 is 0 Å². The number of halogens is 3. The molecular weight excluding hydrogens is 461 g/mol. The molecule has 1 aliphatic heterocycles. The molecule has 0 atom stereocenters. The number of nitrogens with zero attached hydrogens (tertiary/aromatic N) is 2. The maximum atomic E-state index is 12.9. The first-order valence-corrected chi connectivity index (χ1v) is 11.6. The van der Waals surface area contributed by atoms with Crippen LogP contribution in [0.3, 0.4) is 0 Å². The van der Waals surface area contributed by atoms with E-state index in [1.54, 1.807) is 24.3 Å². The minimum Gasteiger partial charge on any atom is -0.506 e. The number of fused-ring (bicyclic) bond motifs is 1. The Balaban J connectivity index is 1.44. The lowest BCUT2D eigenvalue weighted by Crippen LogP contribution is -2.42. The number of likely N-dealkylation sites (tertiary alicyclic amines) is 1. The molecule has 1 amide bonds. The first-order chi connectivity index (χ1) is 15.5. The minimum absolute atomic E-state index is 0.0430. The highest BCUT2D eigenvalue weighted by Crippen LogP contribution is 2.29. The number of carbonyl (C=O) groups excluding carboxylic acids is 1. The third kappa shape index (κ3) is 4.87. The van der Waals surface area contributed by atoms with Crippen LogP contribution in [0.5, 0.6) is 11.5 Å². The van der Waals surface area contributed by atoms with Crippen molar-refractivity contribution in [3.05, 3.63) is 60.3 Å². The second-order valence-electron chi connectivity index (χ2n) is 7.60. The van der Waals surface area contributed by atoms with Gasteiger partial charge in [-0.05, 0) is 49.2 Å². The van der Waals surface area contributed by atoms with Gasteiger partial charge < -0.3 is 14.7 Å². The van der Waals surface area contributed by atoms with E-state index in [0.717, 1.165) is 24.3 Å². The van der Waals surface area contributed by atoms with Crippen LogP contribution in [-0.4, -0.2) is 54.0 Å². The van der Waals surface area contributed by atoms with Crippen molar-refractivity contribution in [1.29, 1.82) is 0 Å². The van der Waals surface area contributed by atoms with Gasteiger partial charge in [0.1, 0.15) is 22.7 Å². The molecule has 1 aliphatic rings. The van der Waals surface area contributed by atoms with E-state index in [1.165, 1.54) is 11.0 Å². The Labute approximate surface area is 187 Å². The molecule has 2 aromatic carbocycles. The number of amides is 1. The summed E-state index contributed by atoms with van der Waals surface area (Å²) in [5.74, 6) is -0.918. The molecule has 4 rings (SSSR count). The van der Waals surface area contributed by atoms with Crippen molar-refractivity contribution in [2.45, 2.75) is 29.3 Å². The molecule has 7 nitrogen and oxygen atoms in total. The summed E-state index contributed by atoms with van der Waals surface area (Å²) in [4.78, 5) is 18.5. The van der Waals surface area contributed by atoms with E-state index in [2.05, 4.69) is 9.72 Å². The van der Waals surface area contributed by atoms with E-state index in [0.29, 0.717) is 10.9 Å². The highest BCUT2D eigenvalue weighted by atomic mass is 32.2. The van der Waals surface area contributed by atoms with Gasteiger partial charge in [0, 0.05) is 18.5 Å². The number of para-hydroxylation sites is 1. The van der Waals surface area contributed by atoms with Gasteiger partial charge in [-0.1, -0.05) is 18.2 Å². The van der Waals surface area contributed by atoms with Crippen LogP contribution < -0.4 is 4.74 Å². The molecule has 0 unspecified atom stereocenters. The number of carbonyl (C=O) groups is 1. The molecule has 2 heterocycles. The molecule has 0 saturated carbocycles. The number of rotatable bonds is 4. The van der Waals surface area contributed by atoms with Crippen molar-refractivity contribution in [2.24, 2.45) is 0 Å². The third-order valence-electron chi connectivity index (χ3n) is 5.47. The van der Waals surface area contributed by atoms with Crippen LogP contribution in [-0.2, 0) is 9.84 Å². The monoisotopic (exact) mass is 480 g/mol. The number of aromatic hydroxyl groups is 1. The van der Waals surface area contributed by atoms with Gasteiger partial charge in [-0.3, -0.25) is 4.79 Å². The van der Waals surface area contributed by atoms with Crippen LogP contribution in [0.1, 0.15) is 23.3 Å². The zero-order valence-electron chi connectivity index (χ0n) is 17.1. The fourth-order valence-electron chi connectivity index (χ4n) is 3.81. The maximum absolute atomic E-state index is 12.9. The molecule has 33 heavy (non-hydrogen) atoms. The molecular formula is C22H19F3N2O5S. The smallest absolute Gasteiger partial charge is 0.506 e. The molecule has 1 saturated heterocycles. The largest absolute Gasteiger partial charge is 0.573 e. The van der Waals surface area contributed by atoms with Crippen molar-refractivity contribution in [1.82, 2.24) is 9.88 Å². The number of sulfone groups is 1. The van der Waals surface area contributed by atoms with Gasteiger partial charge in [-0.25, -0.2) is 13.4 Å². The summed E-state index contributed by atoms with van der Waals surface area (Å²) in [7, 11) is -3.79. The molecule has 3 aromatic rings. The number of aromatic nitrogens is 1. The number of hydrogen-bond acceptors (Lipinski definition) is 6. The van der Waals surface area contributed by atoms with Gasteiger partial charge in [-0.15, -0.1) is 13.2 Å². The summed E-state index contributed by atoms with van der Waals surface area (Å²) in [6, 6.07) is 12.2. The fourth-order valence-corrected chi connectivity index (χ4v) is 5.54. The van der Waals surface area contributed by atoms with Crippen LogP contribution in [0.15, 0.2) is 59.5 Å². The van der Waals surface area contributed by atoms with Crippen LogP contribution in [0.4, 0.5) is 13.2 Å². The predicted octanol–water partition coefficient (Wildman–Crippen LogP) is 3.92. The lowest BCUT2D eigenvalue weighted by atomic mass is 10.1. The van der Waals surface area contributed by atoms with Gasteiger partial charge in [0.25, 0.3) is 5.91 Å². The normalized spacial score (nSPS) is 15.5. The average Bonchev–Trinajstić information content (AvgIpc) is 2.78. The van der Waals surface area contributed by atoms with Gasteiger partial charge >= 0.3 is 6.36 Å². The Morgan fingerprint density at radius 1 is 1.03 bits per heavy atom. The number of phenols is 1. The third-order valence-corrected chi connectivity index (χ3v) is 7.75. The first kappa shape index (κ1) is 22.8. The quantitative estimate of drug-likeness (QED) is 0.608. The Hall–Kier alpha value is -3.34. The van der Waals surface area contributed by atoms with Crippen LogP contribution in [0.25, 0.3) is 10.9 Å². The highest BCUT2D eigenvalue weighted by Gasteiger charge is 2.34. The van der Waals surface area contributed by atoms with Crippen molar-refractivity contribution >= 4 is 26.6 Å². The van der Waals surface area contributed by atoms with Crippen LogP contribution >= 0.6 is 0 Å². The van der Waals surface area contributed by atoms with Crippen LogP contribution in [0.2, 0.25) is 0 Å². The molecule has 174 valence electrons. The summed E-state index contributed by atoms with van der Waals surface area (Å²) in [5.41, 5.74) is 0.448. The second-order valence-corrected chi connectivity index (χ2v) is 9.83. The number of alkyl halides is 3. The maximum Gasteiger partial charge on any atom is 0.573 e. The Morgan fingerprint density at radius 3 is 2.33 bits per heavy atom. The van der Waals surface area contributed by atoms with E-state index in [9.17, 15) is 31.5 Å². The molecule has 0 bridgehead atoms. The van der Waals surface area contributed by atoms with Crippen LogP contribution in [0, 0.1) is 0 Å². The van der Waals surface area contributed by atoms with E-state index in [4.69, 9.17) is 0 Å². The lowest BCUT2D eigenvalue weighted by Gasteiger charge is -2.31. The van der Waals surface area contributed by atoms with E-state index in [-0.39, 0.29) is 48.2 Å². The summed E-state index contributed by atoms with van der Waals surface area (Å²) in [5, 5.41) is 9.89. The highest BCUT2D eigenvalue weighted by molar-refractivity contribution is 7.92. The molecule has 1 aromatic heterocycles. The average molecular weight is 480 g/mol. The zero-order chi connectivity index (χ0) is 23.8. The first-order valence-electron chi connectivity index (χ1n) is 10.0. The summed E-state index contributed by atoms with van der Waals surface area (Å²) < 4.78 is 66.5. The summed E-state index contributed by atoms with van der Waals surface area (Å²) in [6.45, 7) is 0.358. The molecule has 0 spiro atoms. The van der Waals surface area contributed by atoms with E-state index < -0.39 is 27.2 Å². The SMILES string of the molecule is O=C(c1ccc2cccc(O)c2n1)N1CCC(S(=O)(=O)c2ccc(OC(F)(F)F)cc2)CC1. The number of ether oxygens (including phenoxy) is 1. The van der Waals surface area contributed by atoms with Crippen molar-refractivity contribution in [3.63, 3.8) is 0 Å².